The number of rotatable bonds is 5. The van der Waals surface area contributed by atoms with Gasteiger partial charge in [0, 0.05) is 38.7 Å². The molecule has 150 valence electrons. The molecule has 0 N–H and O–H groups in total. The van der Waals surface area contributed by atoms with Crippen molar-refractivity contribution in [1.29, 1.82) is 0 Å². The molecule has 0 fully saturated rings. The minimum Gasteiger partial charge on any atom is -0.338 e. The van der Waals surface area contributed by atoms with E-state index >= 15 is 0 Å². The molecule has 5 rings (SSSR count). The van der Waals surface area contributed by atoms with Crippen LogP contribution in [-0.4, -0.2) is 16.1 Å². The number of imidazole rings is 1. The highest BCUT2D eigenvalue weighted by Gasteiger charge is 2.23. The van der Waals surface area contributed by atoms with Gasteiger partial charge in [0.1, 0.15) is 0 Å². The second-order valence-electron chi connectivity index (χ2n) is 8.13. The summed E-state index contributed by atoms with van der Waals surface area (Å²) in [7, 11) is 2.18. The van der Waals surface area contributed by atoms with E-state index in [1.54, 1.807) is 0 Å². The Morgan fingerprint density at radius 1 is 0.733 bits per heavy atom. The second kappa shape index (κ2) is 8.19. The predicted molar refractivity (Wildman–Crippen MR) is 123 cm³/mol. The summed E-state index contributed by atoms with van der Waals surface area (Å²) >= 11 is 0. The lowest BCUT2D eigenvalue weighted by Crippen LogP contribution is -2.32. The molecule has 0 aliphatic carbocycles. The minimum absolute atomic E-state index is 0.862. The van der Waals surface area contributed by atoms with Crippen molar-refractivity contribution in [3.05, 3.63) is 119 Å². The maximum Gasteiger partial charge on any atom is 0.206 e. The zero-order chi connectivity index (χ0) is 20.3. The lowest BCUT2D eigenvalue weighted by Gasteiger charge is -2.29. The van der Waals surface area contributed by atoms with Crippen molar-refractivity contribution >= 4 is 5.95 Å². The number of anilines is 1. The molecule has 0 spiro atoms. The summed E-state index contributed by atoms with van der Waals surface area (Å²) in [5, 5.41) is 0. The number of hydrogen-bond acceptors (Lipinski definition) is 2. The Bertz CT molecular complexity index is 1130. The summed E-state index contributed by atoms with van der Waals surface area (Å²) in [6, 6.07) is 30.2. The van der Waals surface area contributed by atoms with Crippen LogP contribution in [0.3, 0.4) is 0 Å². The van der Waals surface area contributed by atoms with Gasteiger partial charge in [-0.2, -0.15) is 0 Å². The van der Waals surface area contributed by atoms with Crippen molar-refractivity contribution in [3.63, 3.8) is 0 Å². The van der Waals surface area contributed by atoms with Gasteiger partial charge in [-0.1, -0.05) is 84.9 Å². The third-order valence-corrected chi connectivity index (χ3v) is 6.12. The Labute approximate surface area is 178 Å². The molecule has 0 bridgehead atoms. The molecule has 1 aliphatic rings. The molecule has 0 unspecified atom stereocenters. The summed E-state index contributed by atoms with van der Waals surface area (Å²) in [6.45, 7) is 1.94. The van der Waals surface area contributed by atoms with Gasteiger partial charge in [-0.05, 0) is 28.7 Å². The summed E-state index contributed by atoms with van der Waals surface area (Å²) < 4.78 is 2.32. The van der Waals surface area contributed by atoms with Crippen LogP contribution < -0.4 is 4.90 Å². The molecule has 3 aromatic carbocycles. The highest BCUT2D eigenvalue weighted by atomic mass is 15.3. The van der Waals surface area contributed by atoms with Crippen LogP contribution in [0.25, 0.3) is 0 Å². The first-order valence-corrected chi connectivity index (χ1v) is 10.7. The largest absolute Gasteiger partial charge is 0.338 e. The number of aromatic nitrogens is 2. The van der Waals surface area contributed by atoms with E-state index in [1.807, 2.05) is 0 Å². The summed E-state index contributed by atoms with van der Waals surface area (Å²) in [6.07, 6.45) is 2.84. The molecule has 30 heavy (non-hydrogen) atoms. The average Bonchev–Trinajstić information content (AvgIpc) is 3.10. The van der Waals surface area contributed by atoms with Gasteiger partial charge in [0.25, 0.3) is 0 Å². The van der Waals surface area contributed by atoms with Crippen molar-refractivity contribution < 1.29 is 0 Å². The van der Waals surface area contributed by atoms with E-state index in [0.717, 1.165) is 38.3 Å². The maximum atomic E-state index is 5.19. The molecule has 0 saturated heterocycles. The van der Waals surface area contributed by atoms with Gasteiger partial charge in [-0.3, -0.25) is 0 Å². The van der Waals surface area contributed by atoms with Crippen LogP contribution in [0.4, 0.5) is 5.95 Å². The molecule has 2 heterocycles. The van der Waals surface area contributed by atoms with Gasteiger partial charge in [0.05, 0.1) is 5.69 Å². The summed E-state index contributed by atoms with van der Waals surface area (Å²) in [4.78, 5) is 7.62. The smallest absolute Gasteiger partial charge is 0.206 e. The molecular weight excluding hydrogens is 366 g/mol. The van der Waals surface area contributed by atoms with E-state index in [9.17, 15) is 0 Å². The van der Waals surface area contributed by atoms with Crippen LogP contribution in [-0.2, 0) is 32.9 Å². The van der Waals surface area contributed by atoms with Gasteiger partial charge in [-0.25, -0.2) is 4.98 Å². The first-order valence-electron chi connectivity index (χ1n) is 10.7. The third-order valence-electron chi connectivity index (χ3n) is 6.12. The molecule has 3 nitrogen and oxygen atoms in total. The lowest BCUT2D eigenvalue weighted by atomic mass is 10.0. The van der Waals surface area contributed by atoms with E-state index in [2.05, 4.69) is 101 Å². The van der Waals surface area contributed by atoms with Crippen molar-refractivity contribution in [3.8, 4) is 0 Å². The standard InChI is InChI=1S/C27H27N3/c1-29-26(19-22-12-6-3-7-13-22)25(18-21-10-4-2-5-11-21)28-27(29)30-17-16-23-14-8-9-15-24(23)20-30/h2-15H,16-20H2,1H3. The van der Waals surface area contributed by atoms with Crippen molar-refractivity contribution in [2.24, 2.45) is 7.05 Å². The molecule has 0 saturated carbocycles. The van der Waals surface area contributed by atoms with Crippen LogP contribution in [0.15, 0.2) is 84.9 Å². The van der Waals surface area contributed by atoms with E-state index in [0.29, 0.717) is 0 Å². The minimum atomic E-state index is 0.862. The molecule has 0 radical (unpaired) electrons. The van der Waals surface area contributed by atoms with Gasteiger partial charge in [0.2, 0.25) is 5.95 Å². The Kier molecular flexibility index (Phi) is 5.10. The van der Waals surface area contributed by atoms with Gasteiger partial charge in [-0.15, -0.1) is 0 Å². The quantitative estimate of drug-likeness (QED) is 0.467. The monoisotopic (exact) mass is 393 g/mol. The van der Waals surface area contributed by atoms with Gasteiger partial charge >= 0.3 is 0 Å². The summed E-state index contributed by atoms with van der Waals surface area (Å²) in [5.41, 5.74) is 8.00. The third kappa shape index (κ3) is 3.76. The molecule has 1 aromatic heterocycles. The van der Waals surface area contributed by atoms with Gasteiger partial charge < -0.3 is 9.47 Å². The number of nitrogens with zero attached hydrogens (tertiary/aromatic N) is 3. The molecule has 0 amide bonds. The molecule has 0 atom stereocenters. The van der Waals surface area contributed by atoms with Crippen LogP contribution in [0.2, 0.25) is 0 Å². The highest BCUT2D eigenvalue weighted by Crippen LogP contribution is 2.28. The predicted octanol–water partition coefficient (Wildman–Crippen LogP) is 5.16. The van der Waals surface area contributed by atoms with E-state index in [-0.39, 0.29) is 0 Å². The number of benzene rings is 3. The molecule has 1 aliphatic heterocycles. The maximum absolute atomic E-state index is 5.19. The van der Waals surface area contributed by atoms with Crippen LogP contribution in [0.5, 0.6) is 0 Å². The fourth-order valence-electron chi connectivity index (χ4n) is 4.46. The Morgan fingerprint density at radius 2 is 1.33 bits per heavy atom. The second-order valence-corrected chi connectivity index (χ2v) is 8.13. The highest BCUT2D eigenvalue weighted by molar-refractivity contribution is 5.45. The average molecular weight is 394 g/mol. The first-order chi connectivity index (χ1) is 14.8. The first kappa shape index (κ1) is 18.7. The van der Waals surface area contributed by atoms with Crippen LogP contribution >= 0.6 is 0 Å². The Hall–Kier alpha value is -3.33. The Balaban J connectivity index is 1.51. The summed E-state index contributed by atoms with van der Waals surface area (Å²) in [5.74, 6) is 1.08. The molecule has 4 aromatic rings. The van der Waals surface area contributed by atoms with Crippen molar-refractivity contribution in [1.82, 2.24) is 9.55 Å². The normalized spacial score (nSPS) is 13.3. The van der Waals surface area contributed by atoms with Crippen molar-refractivity contribution in [2.45, 2.75) is 25.8 Å². The Morgan fingerprint density at radius 3 is 2.03 bits per heavy atom. The number of hydrogen-bond donors (Lipinski definition) is 0. The van der Waals surface area contributed by atoms with E-state index < -0.39 is 0 Å². The van der Waals surface area contributed by atoms with Gasteiger partial charge in [0.15, 0.2) is 0 Å². The van der Waals surface area contributed by atoms with Crippen molar-refractivity contribution in [2.75, 3.05) is 11.4 Å². The van der Waals surface area contributed by atoms with E-state index in [1.165, 1.54) is 33.6 Å². The number of fused-ring (bicyclic) bond motifs is 1. The fourth-order valence-corrected chi connectivity index (χ4v) is 4.46. The van der Waals surface area contributed by atoms with Crippen LogP contribution in [0, 0.1) is 0 Å². The zero-order valence-electron chi connectivity index (χ0n) is 17.5. The lowest BCUT2D eigenvalue weighted by molar-refractivity contribution is 0.682. The van der Waals surface area contributed by atoms with E-state index in [4.69, 9.17) is 4.98 Å². The SMILES string of the molecule is Cn1c(N2CCc3ccccc3C2)nc(Cc2ccccc2)c1Cc1ccccc1. The fraction of sp³-hybridized carbons (Fsp3) is 0.222. The molecular formula is C27H27N3. The van der Waals surface area contributed by atoms with Crippen LogP contribution in [0.1, 0.15) is 33.6 Å². The topological polar surface area (TPSA) is 21.1 Å². The zero-order valence-corrected chi connectivity index (χ0v) is 17.5. The molecule has 3 heteroatoms.